The third-order valence-corrected chi connectivity index (χ3v) is 11.7. The molecule has 0 aliphatic carbocycles. The quantitative estimate of drug-likeness (QED) is 0.178. The molecule has 64 heavy (non-hydrogen) atoms. The summed E-state index contributed by atoms with van der Waals surface area (Å²) in [6.07, 6.45) is 13.3. The summed E-state index contributed by atoms with van der Waals surface area (Å²) in [6, 6.07) is 16.6. The molecule has 0 radical (unpaired) electrons. The molecule has 7 atom stereocenters. The normalized spacial score (nSPS) is 27.9. The van der Waals surface area contributed by atoms with Gasteiger partial charge >= 0.3 is 17.9 Å². The summed E-state index contributed by atoms with van der Waals surface area (Å²) in [4.78, 5) is 35.8. The Morgan fingerprint density at radius 3 is 1.62 bits per heavy atom. The Morgan fingerprint density at radius 2 is 1.09 bits per heavy atom. The van der Waals surface area contributed by atoms with Gasteiger partial charge in [-0.2, -0.15) is 0 Å². The standard InChI is InChI=1S/C23H32O5.C23H32O4.C7H6O2/c1-14-12-15(2)20-17(13-14)9-7-11-19-21(28-23(4,5)27-19)18(24)10-6-8-16(3)26-22(20)25;1-15-13-16(2)21-18(14-15)10-8-12-20-19(26-23(4,5)27-20)11-7-6-9-17(3)25-22(21)24;8-7(9)6-4-2-1-3-5-6/h6,10,12-13,16,18-19,21,24H,7-9,11H2,1-5H3;6-7,13-14,17,19-20H,8-12H2,1-5H3;1-5H,(H,8,9)/b10-6-;7-6-;/t16?,18?,19-,21?;17?,19?,20-;/m00./s1. The lowest BCUT2D eigenvalue weighted by Crippen LogP contribution is -2.34. The maximum absolute atomic E-state index is 12.8. The van der Waals surface area contributed by atoms with E-state index in [2.05, 4.69) is 37.3 Å². The second-order valence-corrected chi connectivity index (χ2v) is 18.6. The number of aryl methyl sites for hydroxylation is 6. The third-order valence-electron chi connectivity index (χ3n) is 11.7. The number of aliphatic hydroxyl groups is 1. The van der Waals surface area contributed by atoms with Crippen molar-refractivity contribution in [3.05, 3.63) is 129 Å². The Morgan fingerprint density at radius 1 is 0.625 bits per heavy atom. The molecule has 4 aliphatic rings. The number of aromatic carboxylic acids is 1. The lowest BCUT2D eigenvalue weighted by molar-refractivity contribution is -0.153. The highest BCUT2D eigenvalue weighted by Crippen LogP contribution is 2.35. The van der Waals surface area contributed by atoms with Gasteiger partial charge in [-0.3, -0.25) is 0 Å². The van der Waals surface area contributed by atoms with E-state index in [9.17, 15) is 19.5 Å². The molecule has 0 bridgehead atoms. The lowest BCUT2D eigenvalue weighted by atomic mass is 9.93. The van der Waals surface area contributed by atoms with Crippen molar-refractivity contribution in [2.24, 2.45) is 0 Å². The van der Waals surface area contributed by atoms with Gasteiger partial charge in [0, 0.05) is 12.8 Å². The summed E-state index contributed by atoms with van der Waals surface area (Å²) in [6.45, 7) is 19.6. The van der Waals surface area contributed by atoms with E-state index in [-0.39, 0.29) is 42.5 Å². The number of carbonyl (C=O) groups excluding carboxylic acids is 2. The average molecular weight is 883 g/mol. The van der Waals surface area contributed by atoms with Gasteiger partial charge in [0.1, 0.15) is 24.4 Å². The molecule has 11 nitrogen and oxygen atoms in total. The topological polar surface area (TPSA) is 147 Å². The van der Waals surface area contributed by atoms with Crippen LogP contribution in [0, 0.1) is 27.7 Å². The van der Waals surface area contributed by atoms with Crippen molar-refractivity contribution >= 4 is 17.9 Å². The van der Waals surface area contributed by atoms with Gasteiger partial charge in [0.25, 0.3) is 0 Å². The van der Waals surface area contributed by atoms with Crippen molar-refractivity contribution in [2.45, 2.75) is 181 Å². The van der Waals surface area contributed by atoms with Crippen LogP contribution in [0.5, 0.6) is 0 Å². The zero-order valence-electron chi connectivity index (χ0n) is 39.5. The number of carbonyl (C=O) groups is 3. The minimum absolute atomic E-state index is 0.0794. The van der Waals surface area contributed by atoms with Gasteiger partial charge in [-0.15, -0.1) is 0 Å². The van der Waals surface area contributed by atoms with E-state index in [4.69, 9.17) is 33.5 Å². The molecular formula is C53H70O11. The SMILES string of the molecule is Cc1cc(C)c2c(c1)CCC[C@@H]1OC(C)(C)OC1C(O)/C=C\CC(C)OC2=O.Cc1cc(C)c2c(c1)CCC[C@@H]1OC(C)(C)OC1C/C=C\CC(C)OC2=O.O=C(O)c1ccccc1. The highest BCUT2D eigenvalue weighted by Gasteiger charge is 2.44. The van der Waals surface area contributed by atoms with Crippen LogP contribution in [0.1, 0.15) is 151 Å². The van der Waals surface area contributed by atoms with Gasteiger partial charge in [0.15, 0.2) is 11.6 Å². The number of carboxylic acid groups (broad SMARTS) is 1. The van der Waals surface area contributed by atoms with Gasteiger partial charge in [-0.1, -0.05) is 77.9 Å². The number of carboxylic acids is 1. The Bertz CT molecular complexity index is 2120. The fourth-order valence-electron chi connectivity index (χ4n) is 9.00. The van der Waals surface area contributed by atoms with Crippen LogP contribution in [0.25, 0.3) is 0 Å². The predicted octanol–water partition coefficient (Wildman–Crippen LogP) is 10.4. The van der Waals surface area contributed by atoms with Gasteiger partial charge in [-0.25, -0.2) is 14.4 Å². The molecule has 2 N–H and O–H groups in total. The molecule has 0 amide bonds. The van der Waals surface area contributed by atoms with Gasteiger partial charge in [-0.05, 0) is 149 Å². The minimum Gasteiger partial charge on any atom is -0.478 e. The highest BCUT2D eigenvalue weighted by molar-refractivity contribution is 5.93. The average Bonchev–Trinajstić information content (AvgIpc) is 3.68. The monoisotopic (exact) mass is 882 g/mol. The molecule has 2 fully saturated rings. The second kappa shape index (κ2) is 22.5. The maximum Gasteiger partial charge on any atom is 0.338 e. The van der Waals surface area contributed by atoms with E-state index >= 15 is 0 Å². The molecule has 4 aliphatic heterocycles. The molecule has 7 rings (SSSR count). The molecule has 0 aromatic heterocycles. The number of aliphatic hydroxyl groups excluding tert-OH is 1. The maximum atomic E-state index is 12.8. The van der Waals surface area contributed by atoms with Gasteiger partial charge in [0.05, 0.1) is 35.0 Å². The number of hydrogen-bond acceptors (Lipinski definition) is 10. The first-order chi connectivity index (χ1) is 30.2. The first kappa shape index (κ1) is 50.4. The van der Waals surface area contributed by atoms with Crippen LogP contribution in [-0.2, 0) is 41.3 Å². The molecule has 3 aromatic carbocycles. The summed E-state index contributed by atoms with van der Waals surface area (Å²) >= 11 is 0. The first-order valence-corrected chi connectivity index (χ1v) is 22.8. The third kappa shape index (κ3) is 14.4. The molecular weight excluding hydrogens is 813 g/mol. The number of esters is 2. The molecule has 0 saturated carbocycles. The van der Waals surface area contributed by atoms with Crippen molar-refractivity contribution in [2.75, 3.05) is 0 Å². The summed E-state index contributed by atoms with van der Waals surface area (Å²) in [5, 5.41) is 19.0. The van der Waals surface area contributed by atoms with Crippen molar-refractivity contribution < 1.29 is 53.0 Å². The van der Waals surface area contributed by atoms with Crippen LogP contribution < -0.4 is 0 Å². The van der Waals surface area contributed by atoms with E-state index < -0.39 is 29.8 Å². The number of fused-ring (bicyclic) bond motifs is 4. The van der Waals surface area contributed by atoms with Crippen molar-refractivity contribution in [3.8, 4) is 0 Å². The Hall–Kier alpha value is -4.65. The molecule has 0 spiro atoms. The fourth-order valence-corrected chi connectivity index (χ4v) is 9.00. The molecule has 348 valence electrons. The first-order valence-electron chi connectivity index (χ1n) is 22.8. The Labute approximate surface area is 380 Å². The van der Waals surface area contributed by atoms with Crippen LogP contribution >= 0.6 is 0 Å². The zero-order chi connectivity index (χ0) is 46.8. The Balaban J connectivity index is 0.000000202. The van der Waals surface area contributed by atoms with Crippen LogP contribution in [0.15, 0.2) is 78.9 Å². The minimum atomic E-state index is -0.879. The smallest absolute Gasteiger partial charge is 0.338 e. The molecule has 4 heterocycles. The second-order valence-electron chi connectivity index (χ2n) is 18.6. The molecule has 3 aromatic rings. The van der Waals surface area contributed by atoms with E-state index in [1.165, 1.54) is 5.56 Å². The van der Waals surface area contributed by atoms with Crippen LogP contribution in [0.3, 0.4) is 0 Å². The number of ether oxygens (including phenoxy) is 6. The number of rotatable bonds is 1. The number of cyclic esters (lactones) is 2. The van der Waals surface area contributed by atoms with Crippen LogP contribution in [0.4, 0.5) is 0 Å². The fraction of sp³-hybridized carbons (Fsp3) is 0.528. The van der Waals surface area contributed by atoms with Crippen molar-refractivity contribution in [1.29, 1.82) is 0 Å². The summed E-state index contributed by atoms with van der Waals surface area (Å²) in [5.41, 5.74) is 8.08. The zero-order valence-corrected chi connectivity index (χ0v) is 39.5. The molecule has 11 heteroatoms. The van der Waals surface area contributed by atoms with E-state index in [0.717, 1.165) is 78.3 Å². The van der Waals surface area contributed by atoms with E-state index in [0.29, 0.717) is 24.0 Å². The van der Waals surface area contributed by atoms with Gasteiger partial charge < -0.3 is 38.6 Å². The van der Waals surface area contributed by atoms with Gasteiger partial charge in [0.2, 0.25) is 0 Å². The highest BCUT2D eigenvalue weighted by atomic mass is 16.8. The van der Waals surface area contributed by atoms with Crippen molar-refractivity contribution in [1.82, 2.24) is 0 Å². The Kier molecular flexibility index (Phi) is 17.7. The van der Waals surface area contributed by atoms with Crippen LogP contribution in [0.2, 0.25) is 0 Å². The van der Waals surface area contributed by atoms with E-state index in [1.807, 2.05) is 74.5 Å². The molecule has 2 saturated heterocycles. The predicted molar refractivity (Wildman–Crippen MR) is 247 cm³/mol. The van der Waals surface area contributed by atoms with E-state index in [1.54, 1.807) is 36.4 Å². The number of benzene rings is 3. The van der Waals surface area contributed by atoms with Crippen LogP contribution in [-0.4, -0.2) is 82.4 Å². The summed E-state index contributed by atoms with van der Waals surface area (Å²) < 4.78 is 35.7. The number of hydrogen-bond donors (Lipinski definition) is 2. The lowest BCUT2D eigenvalue weighted by Gasteiger charge is -2.22. The summed E-state index contributed by atoms with van der Waals surface area (Å²) in [7, 11) is 0. The van der Waals surface area contributed by atoms with Crippen molar-refractivity contribution in [3.63, 3.8) is 0 Å². The molecule has 5 unspecified atom stereocenters. The largest absolute Gasteiger partial charge is 0.478 e. The summed E-state index contributed by atoms with van der Waals surface area (Å²) in [5.74, 6) is -2.61.